The van der Waals surface area contributed by atoms with Crippen molar-refractivity contribution in [2.24, 2.45) is 5.92 Å². The Labute approximate surface area is 175 Å². The summed E-state index contributed by atoms with van der Waals surface area (Å²) in [6, 6.07) is -0.879. The van der Waals surface area contributed by atoms with Gasteiger partial charge in [0.15, 0.2) is 11.6 Å². The Morgan fingerprint density at radius 1 is 1.40 bits per heavy atom. The molecule has 30 heavy (non-hydrogen) atoms. The summed E-state index contributed by atoms with van der Waals surface area (Å²) < 4.78 is 21.2. The Bertz CT molecular complexity index is 929. The molecule has 0 saturated heterocycles. The van der Waals surface area contributed by atoms with E-state index >= 15 is 4.39 Å². The maximum Gasteiger partial charge on any atom is 0.405 e. The van der Waals surface area contributed by atoms with Crippen LogP contribution in [0.1, 0.15) is 34.1 Å². The number of fused-ring (bicyclic) bond motifs is 2. The van der Waals surface area contributed by atoms with Crippen molar-refractivity contribution in [3.05, 3.63) is 58.4 Å². The van der Waals surface area contributed by atoms with Gasteiger partial charge in [-0.25, -0.2) is 9.18 Å². The highest BCUT2D eigenvalue weighted by atomic mass is 19.1. The normalized spacial score (nSPS) is 22.7. The maximum atomic E-state index is 15.4. The molecule has 2 aliphatic heterocycles. The summed E-state index contributed by atoms with van der Waals surface area (Å²) in [7, 11) is 1.56. The predicted octanol–water partition coefficient (Wildman–Crippen LogP) is 3.35. The average Bonchev–Trinajstić information content (AvgIpc) is 2.63. The standard InChI is InChI=1S/C22H28FN3O4/c1-12(2)10-22(4,25-21(28)29)11-30-16-7-6-15-14-8-9-24-13(3)17(14)20(27)26(5)19(15)18(16)23/h6-9,12,19,24-25H,10-11H2,1-5H3,(H,28,29). The lowest BCUT2D eigenvalue weighted by Crippen LogP contribution is -2.50. The van der Waals surface area contributed by atoms with E-state index in [0.717, 1.165) is 5.70 Å². The molecule has 2 amide bonds. The third-order valence-electron chi connectivity index (χ3n) is 5.42. The molecular weight excluding hydrogens is 389 g/mol. The van der Waals surface area contributed by atoms with E-state index in [1.165, 1.54) is 11.0 Å². The average molecular weight is 417 g/mol. The van der Waals surface area contributed by atoms with Gasteiger partial charge in [-0.15, -0.1) is 0 Å². The van der Waals surface area contributed by atoms with E-state index in [1.807, 2.05) is 20.8 Å². The number of halogens is 1. The van der Waals surface area contributed by atoms with E-state index < -0.39 is 23.5 Å². The Hall–Kier alpha value is -3.03. The number of nitrogens with one attached hydrogen (secondary N) is 2. The number of allylic oxidation sites excluding steroid dienone is 3. The minimum absolute atomic E-state index is 0.00763. The third-order valence-corrected chi connectivity index (χ3v) is 5.42. The molecule has 0 radical (unpaired) electrons. The molecule has 7 nitrogen and oxygen atoms in total. The number of hydrogen-bond donors (Lipinski definition) is 3. The number of rotatable bonds is 6. The van der Waals surface area contributed by atoms with E-state index in [2.05, 4.69) is 10.6 Å². The Morgan fingerprint density at radius 2 is 2.10 bits per heavy atom. The van der Waals surface area contributed by atoms with Gasteiger partial charge in [-0.05, 0) is 49.5 Å². The molecule has 2 heterocycles. The molecule has 1 aliphatic carbocycles. The number of dihydropyridines is 1. The highest BCUT2D eigenvalue weighted by Crippen LogP contribution is 2.39. The van der Waals surface area contributed by atoms with Crippen molar-refractivity contribution in [2.75, 3.05) is 13.7 Å². The Kier molecular flexibility index (Phi) is 5.78. The Balaban J connectivity index is 1.91. The zero-order chi connectivity index (χ0) is 22.2. The summed E-state index contributed by atoms with van der Waals surface area (Å²) in [5.41, 5.74) is 1.76. The molecule has 3 N–H and O–H groups in total. The lowest BCUT2D eigenvalue weighted by Gasteiger charge is -2.39. The third kappa shape index (κ3) is 3.99. The van der Waals surface area contributed by atoms with Gasteiger partial charge in [-0.2, -0.15) is 0 Å². The molecule has 0 aromatic heterocycles. The predicted molar refractivity (Wildman–Crippen MR) is 111 cm³/mol. The van der Waals surface area contributed by atoms with Crippen LogP contribution in [0.15, 0.2) is 58.4 Å². The highest BCUT2D eigenvalue weighted by molar-refractivity contribution is 6.02. The maximum absolute atomic E-state index is 15.4. The minimum atomic E-state index is -1.16. The smallest absolute Gasteiger partial charge is 0.405 e. The van der Waals surface area contributed by atoms with Crippen LogP contribution in [-0.4, -0.2) is 47.2 Å². The molecule has 2 atom stereocenters. The van der Waals surface area contributed by atoms with Crippen LogP contribution in [0, 0.1) is 5.92 Å². The van der Waals surface area contributed by atoms with Crippen LogP contribution in [0.2, 0.25) is 0 Å². The highest BCUT2D eigenvalue weighted by Gasteiger charge is 2.41. The van der Waals surface area contributed by atoms with Gasteiger partial charge in [0.1, 0.15) is 12.6 Å². The fourth-order valence-electron chi connectivity index (χ4n) is 4.30. The lowest BCUT2D eigenvalue weighted by molar-refractivity contribution is -0.127. The molecular formula is C22H28FN3O4. The summed E-state index contributed by atoms with van der Waals surface area (Å²) in [5, 5.41) is 14.7. The topological polar surface area (TPSA) is 90.9 Å². The first kappa shape index (κ1) is 21.7. The van der Waals surface area contributed by atoms with Crippen LogP contribution in [0.3, 0.4) is 0 Å². The molecule has 0 aromatic rings. The van der Waals surface area contributed by atoms with Crippen molar-refractivity contribution in [1.82, 2.24) is 15.5 Å². The van der Waals surface area contributed by atoms with E-state index in [9.17, 15) is 9.59 Å². The van der Waals surface area contributed by atoms with Gasteiger partial charge in [0.25, 0.3) is 5.91 Å². The molecule has 3 aliphatic rings. The molecule has 0 spiro atoms. The van der Waals surface area contributed by atoms with Gasteiger partial charge in [0.05, 0.1) is 11.1 Å². The molecule has 3 rings (SSSR count). The molecule has 0 aromatic carbocycles. The lowest BCUT2D eigenvalue weighted by atomic mass is 9.84. The molecule has 162 valence electrons. The fraction of sp³-hybridized carbons (Fsp3) is 0.455. The molecule has 0 saturated carbocycles. The van der Waals surface area contributed by atoms with Gasteiger partial charge in [0.2, 0.25) is 0 Å². The first-order valence-electron chi connectivity index (χ1n) is 9.91. The summed E-state index contributed by atoms with van der Waals surface area (Å²) in [6.07, 6.45) is 6.17. The van der Waals surface area contributed by atoms with Gasteiger partial charge in [-0.3, -0.25) is 4.79 Å². The van der Waals surface area contributed by atoms with E-state index in [-0.39, 0.29) is 24.2 Å². The van der Waals surface area contributed by atoms with Crippen molar-refractivity contribution in [1.29, 1.82) is 0 Å². The molecule has 0 fully saturated rings. The van der Waals surface area contributed by atoms with Crippen LogP contribution < -0.4 is 10.6 Å². The number of hydrogen-bond acceptors (Lipinski definition) is 4. The second kappa shape index (κ2) is 8.01. The van der Waals surface area contributed by atoms with Crippen LogP contribution in [0.25, 0.3) is 0 Å². The molecule has 2 unspecified atom stereocenters. The van der Waals surface area contributed by atoms with Crippen molar-refractivity contribution < 1.29 is 23.8 Å². The number of ether oxygens (including phenoxy) is 1. The van der Waals surface area contributed by atoms with Crippen molar-refractivity contribution >= 4 is 12.0 Å². The van der Waals surface area contributed by atoms with Crippen molar-refractivity contribution in [3.8, 4) is 0 Å². The number of likely N-dealkylation sites (N-methyl/N-ethyl adjacent to an activating group) is 1. The van der Waals surface area contributed by atoms with Gasteiger partial charge >= 0.3 is 6.09 Å². The number of carboxylic acid groups (broad SMARTS) is 1. The second-order valence-electron chi connectivity index (χ2n) is 8.59. The number of carbonyl (C=O) groups is 2. The number of carbonyl (C=O) groups excluding carboxylic acids is 1. The zero-order valence-corrected chi connectivity index (χ0v) is 17.9. The van der Waals surface area contributed by atoms with E-state index in [0.29, 0.717) is 23.1 Å². The van der Waals surface area contributed by atoms with Gasteiger partial charge < -0.3 is 25.4 Å². The quantitative estimate of drug-likeness (QED) is 0.617. The largest absolute Gasteiger partial charge is 0.488 e. The SMILES string of the molecule is CC1=C2C(=O)N(C)C3C(F)=C(OCC(C)(CC(C)C)NC(=O)O)C=CC3=C2C=CN1. The van der Waals surface area contributed by atoms with Gasteiger partial charge in [0, 0.05) is 18.9 Å². The fourth-order valence-corrected chi connectivity index (χ4v) is 4.30. The van der Waals surface area contributed by atoms with E-state index in [1.54, 1.807) is 32.3 Å². The first-order valence-corrected chi connectivity index (χ1v) is 9.91. The molecule has 8 heteroatoms. The van der Waals surface area contributed by atoms with Crippen LogP contribution in [0.4, 0.5) is 9.18 Å². The zero-order valence-electron chi connectivity index (χ0n) is 17.9. The molecule has 0 bridgehead atoms. The minimum Gasteiger partial charge on any atom is -0.488 e. The first-order chi connectivity index (χ1) is 14.0. The second-order valence-corrected chi connectivity index (χ2v) is 8.59. The van der Waals surface area contributed by atoms with Crippen molar-refractivity contribution in [2.45, 2.75) is 45.7 Å². The summed E-state index contributed by atoms with van der Waals surface area (Å²) in [4.78, 5) is 25.4. The number of nitrogens with zero attached hydrogens (tertiary/aromatic N) is 1. The van der Waals surface area contributed by atoms with Crippen LogP contribution >= 0.6 is 0 Å². The van der Waals surface area contributed by atoms with Gasteiger partial charge in [-0.1, -0.05) is 19.9 Å². The summed E-state index contributed by atoms with van der Waals surface area (Å²) in [6.45, 7) is 7.46. The van der Waals surface area contributed by atoms with Crippen molar-refractivity contribution in [3.63, 3.8) is 0 Å². The summed E-state index contributed by atoms with van der Waals surface area (Å²) in [5.74, 6) is -0.616. The number of amides is 2. The monoisotopic (exact) mass is 417 g/mol. The van der Waals surface area contributed by atoms with Crippen LogP contribution in [0.5, 0.6) is 0 Å². The van der Waals surface area contributed by atoms with Crippen LogP contribution in [-0.2, 0) is 9.53 Å². The Morgan fingerprint density at radius 3 is 2.73 bits per heavy atom. The summed E-state index contributed by atoms with van der Waals surface area (Å²) >= 11 is 0. The van der Waals surface area contributed by atoms with E-state index in [4.69, 9.17) is 9.84 Å².